The molecule has 0 heterocycles. The highest BCUT2D eigenvalue weighted by molar-refractivity contribution is 6.20. The topological polar surface area (TPSA) is 26.3 Å². The lowest BCUT2D eigenvalue weighted by Crippen LogP contribution is -2.00. The van der Waals surface area contributed by atoms with Crippen molar-refractivity contribution in [3.63, 3.8) is 0 Å². The van der Waals surface area contributed by atoms with Gasteiger partial charge in [0.15, 0.2) is 0 Å². The largest absolute Gasteiger partial charge is 0.469 e. The second-order valence-electron chi connectivity index (χ2n) is 3.79. The predicted molar refractivity (Wildman–Crippen MR) is 65.7 cm³/mol. The Kier molecular flexibility index (Phi) is 5.33. The predicted octanol–water partition coefficient (Wildman–Crippen LogP) is 3.48. The van der Waals surface area contributed by atoms with Gasteiger partial charge < -0.3 is 4.74 Å². The number of methoxy groups -OCH3 is 1. The van der Waals surface area contributed by atoms with Gasteiger partial charge in [-0.2, -0.15) is 0 Å². The summed E-state index contributed by atoms with van der Waals surface area (Å²) in [7, 11) is 1.42. The lowest BCUT2D eigenvalue weighted by molar-refractivity contribution is -0.140. The van der Waals surface area contributed by atoms with Gasteiger partial charge in [-0.05, 0) is 30.9 Å². The first-order valence-electron chi connectivity index (χ1n) is 5.43. The summed E-state index contributed by atoms with van der Waals surface area (Å²) in [5.41, 5.74) is 2.35. The SMILES string of the molecule is COC(=O)CCCc1ccc(C(C)Cl)cc1. The average molecular weight is 241 g/mol. The van der Waals surface area contributed by atoms with E-state index < -0.39 is 0 Å². The van der Waals surface area contributed by atoms with Gasteiger partial charge in [-0.15, -0.1) is 11.6 Å². The van der Waals surface area contributed by atoms with Gasteiger partial charge in [-0.3, -0.25) is 4.79 Å². The number of aryl methyl sites for hydroxylation is 1. The fourth-order valence-corrected chi connectivity index (χ4v) is 1.63. The van der Waals surface area contributed by atoms with E-state index in [-0.39, 0.29) is 11.3 Å². The van der Waals surface area contributed by atoms with Crippen LogP contribution in [0.15, 0.2) is 24.3 Å². The third-order valence-electron chi connectivity index (χ3n) is 2.51. The van der Waals surface area contributed by atoms with E-state index in [1.807, 2.05) is 19.1 Å². The smallest absolute Gasteiger partial charge is 0.305 e. The molecule has 0 spiro atoms. The molecule has 1 rings (SSSR count). The monoisotopic (exact) mass is 240 g/mol. The highest BCUT2D eigenvalue weighted by Gasteiger charge is 2.02. The van der Waals surface area contributed by atoms with Gasteiger partial charge in [-0.25, -0.2) is 0 Å². The number of hydrogen-bond acceptors (Lipinski definition) is 2. The van der Waals surface area contributed by atoms with Crippen LogP contribution in [0.5, 0.6) is 0 Å². The van der Waals surface area contributed by atoms with Gasteiger partial charge in [-0.1, -0.05) is 24.3 Å². The van der Waals surface area contributed by atoms with Crippen molar-refractivity contribution in [2.24, 2.45) is 0 Å². The second kappa shape index (κ2) is 6.54. The minimum absolute atomic E-state index is 0.0455. The van der Waals surface area contributed by atoms with Crippen LogP contribution in [0.4, 0.5) is 0 Å². The summed E-state index contributed by atoms with van der Waals surface area (Å²) in [6, 6.07) is 8.19. The lowest BCUT2D eigenvalue weighted by atomic mass is 10.1. The van der Waals surface area contributed by atoms with Crippen molar-refractivity contribution in [1.29, 1.82) is 0 Å². The molecule has 0 aliphatic heterocycles. The first-order valence-corrected chi connectivity index (χ1v) is 5.87. The third-order valence-corrected chi connectivity index (χ3v) is 2.77. The summed E-state index contributed by atoms with van der Waals surface area (Å²) in [5, 5.41) is 0.0455. The van der Waals surface area contributed by atoms with Gasteiger partial charge in [0.1, 0.15) is 0 Å². The molecule has 0 aliphatic rings. The molecule has 0 amide bonds. The maximum Gasteiger partial charge on any atom is 0.305 e. The van der Waals surface area contributed by atoms with Crippen LogP contribution >= 0.6 is 11.6 Å². The molecule has 3 heteroatoms. The van der Waals surface area contributed by atoms with Gasteiger partial charge >= 0.3 is 5.97 Å². The summed E-state index contributed by atoms with van der Waals surface area (Å²) in [4.78, 5) is 10.9. The Morgan fingerprint density at radius 2 is 2.00 bits per heavy atom. The Hall–Kier alpha value is -1.02. The second-order valence-corrected chi connectivity index (χ2v) is 4.44. The van der Waals surface area contributed by atoms with Crippen LogP contribution in [-0.4, -0.2) is 13.1 Å². The Morgan fingerprint density at radius 3 is 2.50 bits per heavy atom. The van der Waals surface area contributed by atoms with Crippen LogP contribution in [-0.2, 0) is 16.0 Å². The van der Waals surface area contributed by atoms with Crippen LogP contribution in [0.3, 0.4) is 0 Å². The molecule has 0 saturated carbocycles. The summed E-state index contributed by atoms with van der Waals surface area (Å²) in [6.45, 7) is 1.95. The van der Waals surface area contributed by atoms with Crippen molar-refractivity contribution in [3.8, 4) is 0 Å². The van der Waals surface area contributed by atoms with Crippen LogP contribution in [0.2, 0.25) is 0 Å². The molecule has 1 aromatic carbocycles. The average Bonchev–Trinajstić information content (AvgIpc) is 2.29. The van der Waals surface area contributed by atoms with Crippen molar-refractivity contribution in [2.45, 2.75) is 31.6 Å². The van der Waals surface area contributed by atoms with Gasteiger partial charge in [0.2, 0.25) is 0 Å². The van der Waals surface area contributed by atoms with Crippen molar-refractivity contribution in [2.75, 3.05) is 7.11 Å². The molecule has 1 aromatic rings. The molecule has 1 atom stereocenters. The van der Waals surface area contributed by atoms with Crippen molar-refractivity contribution < 1.29 is 9.53 Å². The number of esters is 1. The number of benzene rings is 1. The molecular formula is C13H17ClO2. The molecular weight excluding hydrogens is 224 g/mol. The van der Waals surface area contributed by atoms with E-state index in [1.54, 1.807) is 0 Å². The normalized spacial score (nSPS) is 12.2. The van der Waals surface area contributed by atoms with Crippen molar-refractivity contribution in [3.05, 3.63) is 35.4 Å². The first-order chi connectivity index (χ1) is 7.63. The molecule has 0 radical (unpaired) electrons. The summed E-state index contributed by atoms with van der Waals surface area (Å²) in [6.07, 6.45) is 2.19. The zero-order valence-electron chi connectivity index (χ0n) is 9.70. The number of hydrogen-bond donors (Lipinski definition) is 0. The van der Waals surface area contributed by atoms with E-state index in [1.165, 1.54) is 12.7 Å². The highest BCUT2D eigenvalue weighted by Crippen LogP contribution is 2.19. The zero-order valence-corrected chi connectivity index (χ0v) is 10.5. The van der Waals surface area contributed by atoms with Crippen LogP contribution in [0, 0.1) is 0 Å². The number of carbonyl (C=O) groups excluding carboxylic acids is 1. The maximum absolute atomic E-state index is 10.9. The van der Waals surface area contributed by atoms with E-state index >= 15 is 0 Å². The molecule has 88 valence electrons. The number of rotatable bonds is 5. The standard InChI is InChI=1S/C13H17ClO2/c1-10(14)12-8-6-11(7-9-12)4-3-5-13(15)16-2/h6-10H,3-5H2,1-2H3. The summed E-state index contributed by atoms with van der Waals surface area (Å²) >= 11 is 5.96. The lowest BCUT2D eigenvalue weighted by Gasteiger charge is -2.05. The van der Waals surface area contributed by atoms with Crippen LogP contribution in [0.25, 0.3) is 0 Å². The van der Waals surface area contributed by atoms with Crippen LogP contribution in [0.1, 0.15) is 36.3 Å². The van der Waals surface area contributed by atoms with Crippen molar-refractivity contribution in [1.82, 2.24) is 0 Å². The molecule has 16 heavy (non-hydrogen) atoms. The fraction of sp³-hybridized carbons (Fsp3) is 0.462. The summed E-state index contributed by atoms with van der Waals surface area (Å²) < 4.78 is 4.58. The van der Waals surface area contributed by atoms with E-state index in [0.29, 0.717) is 6.42 Å². The van der Waals surface area contributed by atoms with Crippen LogP contribution < -0.4 is 0 Å². The quantitative estimate of drug-likeness (QED) is 0.582. The van der Waals surface area contributed by atoms with Crippen molar-refractivity contribution >= 4 is 17.6 Å². The van der Waals surface area contributed by atoms with E-state index in [0.717, 1.165) is 18.4 Å². The number of halogens is 1. The molecule has 0 fully saturated rings. The number of ether oxygens (including phenoxy) is 1. The van der Waals surface area contributed by atoms with E-state index in [2.05, 4.69) is 16.9 Å². The van der Waals surface area contributed by atoms with Gasteiger partial charge in [0.05, 0.1) is 12.5 Å². The fourth-order valence-electron chi connectivity index (χ4n) is 1.49. The van der Waals surface area contributed by atoms with Gasteiger partial charge in [0.25, 0.3) is 0 Å². The molecule has 0 aromatic heterocycles. The summed E-state index contributed by atoms with van der Waals surface area (Å²) in [5.74, 6) is -0.147. The molecule has 0 N–H and O–H groups in total. The van der Waals surface area contributed by atoms with Gasteiger partial charge in [0, 0.05) is 6.42 Å². The first kappa shape index (κ1) is 13.0. The minimum atomic E-state index is -0.147. The zero-order chi connectivity index (χ0) is 12.0. The number of carbonyl (C=O) groups is 1. The van der Waals surface area contributed by atoms with E-state index in [9.17, 15) is 4.79 Å². The molecule has 1 unspecified atom stereocenters. The molecule has 0 aliphatic carbocycles. The minimum Gasteiger partial charge on any atom is -0.469 e. The molecule has 0 bridgehead atoms. The molecule has 0 saturated heterocycles. The third kappa shape index (κ3) is 4.23. The Balaban J connectivity index is 2.40. The Labute approximate surface area is 102 Å². The highest BCUT2D eigenvalue weighted by atomic mass is 35.5. The molecule has 2 nitrogen and oxygen atoms in total. The Bertz CT molecular complexity index is 330. The number of alkyl halides is 1. The maximum atomic E-state index is 10.9. The van der Waals surface area contributed by atoms with E-state index in [4.69, 9.17) is 11.6 Å². The Morgan fingerprint density at radius 1 is 1.38 bits per heavy atom.